The van der Waals surface area contributed by atoms with E-state index >= 15 is 0 Å². The van der Waals surface area contributed by atoms with E-state index in [4.69, 9.17) is 10.00 Å². The highest BCUT2D eigenvalue weighted by molar-refractivity contribution is 5.79. The van der Waals surface area contributed by atoms with E-state index in [1.54, 1.807) is 30.1 Å². The molecule has 3 aromatic heterocycles. The summed E-state index contributed by atoms with van der Waals surface area (Å²) in [7, 11) is 1.77. The SMILES string of the molecule is Cc1cc(C#N)ncc1Nc1cc2c(cn1)n(C)c(=O)n2C1CCOCC1. The second-order valence-corrected chi connectivity index (χ2v) is 6.73. The van der Waals surface area contributed by atoms with E-state index < -0.39 is 0 Å². The molecule has 0 unspecified atom stereocenters. The molecule has 1 fully saturated rings. The van der Waals surface area contributed by atoms with Gasteiger partial charge in [-0.3, -0.25) is 9.13 Å². The number of nitrogens with one attached hydrogen (secondary N) is 1. The second kappa shape index (κ2) is 6.85. The van der Waals surface area contributed by atoms with E-state index in [1.807, 2.05) is 23.6 Å². The maximum Gasteiger partial charge on any atom is 0.329 e. The number of aromatic nitrogens is 4. The number of anilines is 2. The van der Waals surface area contributed by atoms with Crippen molar-refractivity contribution >= 4 is 22.5 Å². The summed E-state index contributed by atoms with van der Waals surface area (Å²) < 4.78 is 8.93. The average molecular weight is 364 g/mol. The van der Waals surface area contributed by atoms with Gasteiger partial charge in [-0.15, -0.1) is 0 Å². The molecule has 4 rings (SSSR count). The number of pyridine rings is 2. The molecule has 27 heavy (non-hydrogen) atoms. The van der Waals surface area contributed by atoms with Crippen molar-refractivity contribution in [3.8, 4) is 6.07 Å². The molecular weight excluding hydrogens is 344 g/mol. The van der Waals surface area contributed by atoms with E-state index in [2.05, 4.69) is 15.3 Å². The van der Waals surface area contributed by atoms with Crippen LogP contribution >= 0.6 is 0 Å². The fraction of sp³-hybridized carbons (Fsp3) is 0.368. The van der Waals surface area contributed by atoms with Gasteiger partial charge in [0.2, 0.25) is 0 Å². The van der Waals surface area contributed by atoms with Crippen molar-refractivity contribution in [2.24, 2.45) is 7.05 Å². The van der Waals surface area contributed by atoms with Gasteiger partial charge in [0.25, 0.3) is 0 Å². The summed E-state index contributed by atoms with van der Waals surface area (Å²) in [5.41, 5.74) is 3.66. The summed E-state index contributed by atoms with van der Waals surface area (Å²) in [6, 6.07) is 5.77. The lowest BCUT2D eigenvalue weighted by molar-refractivity contribution is 0.0696. The first kappa shape index (κ1) is 17.2. The van der Waals surface area contributed by atoms with Crippen LogP contribution < -0.4 is 11.0 Å². The number of rotatable bonds is 3. The summed E-state index contributed by atoms with van der Waals surface area (Å²) in [5.74, 6) is 0.628. The first-order valence-electron chi connectivity index (χ1n) is 8.87. The van der Waals surface area contributed by atoms with Crippen LogP contribution in [0, 0.1) is 18.3 Å². The van der Waals surface area contributed by atoms with Crippen LogP contribution in [0.25, 0.3) is 11.0 Å². The van der Waals surface area contributed by atoms with Crippen LogP contribution in [0.5, 0.6) is 0 Å². The Morgan fingerprint density at radius 1 is 1.22 bits per heavy atom. The van der Waals surface area contributed by atoms with Crippen LogP contribution in [-0.4, -0.2) is 32.3 Å². The lowest BCUT2D eigenvalue weighted by Gasteiger charge is -2.23. The molecule has 1 N–H and O–H groups in total. The summed E-state index contributed by atoms with van der Waals surface area (Å²) in [6.45, 7) is 3.24. The van der Waals surface area contributed by atoms with Crippen LogP contribution in [0.3, 0.4) is 0 Å². The van der Waals surface area contributed by atoms with Crippen molar-refractivity contribution in [1.29, 1.82) is 5.26 Å². The van der Waals surface area contributed by atoms with Crippen molar-refractivity contribution in [3.63, 3.8) is 0 Å². The third-order valence-electron chi connectivity index (χ3n) is 5.02. The zero-order valence-electron chi connectivity index (χ0n) is 15.3. The number of aryl methyl sites for hydroxylation is 2. The Kier molecular flexibility index (Phi) is 4.38. The van der Waals surface area contributed by atoms with E-state index in [0.717, 1.165) is 35.1 Å². The minimum absolute atomic E-state index is 0.0351. The van der Waals surface area contributed by atoms with Crippen LogP contribution in [-0.2, 0) is 11.8 Å². The molecule has 8 heteroatoms. The zero-order chi connectivity index (χ0) is 19.0. The molecule has 3 aromatic rings. The molecule has 1 saturated heterocycles. The van der Waals surface area contributed by atoms with Crippen LogP contribution in [0.1, 0.15) is 30.1 Å². The molecule has 0 saturated carbocycles. The highest BCUT2D eigenvalue weighted by Crippen LogP contribution is 2.26. The molecular formula is C19H20N6O2. The monoisotopic (exact) mass is 364 g/mol. The Morgan fingerprint density at radius 3 is 2.70 bits per heavy atom. The first-order chi connectivity index (χ1) is 13.1. The molecule has 0 aliphatic carbocycles. The van der Waals surface area contributed by atoms with Crippen molar-refractivity contribution in [2.75, 3.05) is 18.5 Å². The Morgan fingerprint density at radius 2 is 2.00 bits per heavy atom. The topological polar surface area (TPSA) is 97.8 Å². The fourth-order valence-electron chi connectivity index (χ4n) is 3.51. The molecule has 1 aliphatic heterocycles. The largest absolute Gasteiger partial charge is 0.381 e. The number of imidazole rings is 1. The molecule has 0 amide bonds. The molecule has 0 radical (unpaired) electrons. The molecule has 8 nitrogen and oxygen atoms in total. The van der Waals surface area contributed by atoms with E-state index in [-0.39, 0.29) is 11.7 Å². The molecule has 1 aliphatic rings. The Labute approximate surface area is 156 Å². The normalized spacial score (nSPS) is 15.0. The lowest BCUT2D eigenvalue weighted by atomic mass is 10.1. The zero-order valence-corrected chi connectivity index (χ0v) is 15.3. The molecule has 138 valence electrons. The first-order valence-corrected chi connectivity index (χ1v) is 8.87. The number of fused-ring (bicyclic) bond motifs is 1. The van der Waals surface area contributed by atoms with Gasteiger partial charge in [0.05, 0.1) is 29.1 Å². The highest BCUT2D eigenvalue weighted by Gasteiger charge is 2.22. The third kappa shape index (κ3) is 3.06. The number of nitrogens with zero attached hydrogens (tertiary/aromatic N) is 5. The molecule has 0 atom stereocenters. The smallest absolute Gasteiger partial charge is 0.329 e. The molecule has 4 heterocycles. The summed E-state index contributed by atoms with van der Waals surface area (Å²) >= 11 is 0. The van der Waals surface area contributed by atoms with Gasteiger partial charge in [0.15, 0.2) is 0 Å². The predicted octanol–water partition coefficient (Wildman–Crippen LogP) is 2.41. The fourth-order valence-corrected chi connectivity index (χ4v) is 3.51. The average Bonchev–Trinajstić information content (AvgIpc) is 2.94. The van der Waals surface area contributed by atoms with Crippen LogP contribution in [0.15, 0.2) is 29.3 Å². The Hall–Kier alpha value is -3.18. The summed E-state index contributed by atoms with van der Waals surface area (Å²) in [5, 5.41) is 12.2. The van der Waals surface area contributed by atoms with Crippen LogP contribution in [0.4, 0.5) is 11.5 Å². The van der Waals surface area contributed by atoms with Crippen molar-refractivity contribution in [1.82, 2.24) is 19.1 Å². The number of nitriles is 1. The van der Waals surface area contributed by atoms with E-state index in [9.17, 15) is 4.79 Å². The quantitative estimate of drug-likeness (QED) is 0.766. The molecule has 0 spiro atoms. The maximum absolute atomic E-state index is 12.8. The Balaban J connectivity index is 1.75. The van der Waals surface area contributed by atoms with Crippen molar-refractivity contribution in [3.05, 3.63) is 46.3 Å². The number of hydrogen-bond donors (Lipinski definition) is 1. The maximum atomic E-state index is 12.8. The van der Waals surface area contributed by atoms with Crippen LogP contribution in [0.2, 0.25) is 0 Å². The number of hydrogen-bond acceptors (Lipinski definition) is 6. The number of ether oxygens (including phenoxy) is 1. The van der Waals surface area contributed by atoms with E-state index in [0.29, 0.717) is 24.7 Å². The van der Waals surface area contributed by atoms with E-state index in [1.165, 1.54) is 0 Å². The second-order valence-electron chi connectivity index (χ2n) is 6.73. The van der Waals surface area contributed by atoms with Crippen molar-refractivity contribution < 1.29 is 4.74 Å². The molecule has 0 aromatic carbocycles. The minimum Gasteiger partial charge on any atom is -0.381 e. The van der Waals surface area contributed by atoms with Gasteiger partial charge in [-0.2, -0.15) is 5.26 Å². The van der Waals surface area contributed by atoms with Gasteiger partial charge in [0.1, 0.15) is 17.6 Å². The van der Waals surface area contributed by atoms with Gasteiger partial charge < -0.3 is 10.1 Å². The van der Waals surface area contributed by atoms with Gasteiger partial charge in [-0.1, -0.05) is 0 Å². The summed E-state index contributed by atoms with van der Waals surface area (Å²) in [4.78, 5) is 21.3. The summed E-state index contributed by atoms with van der Waals surface area (Å²) in [6.07, 6.45) is 4.98. The van der Waals surface area contributed by atoms with Crippen molar-refractivity contribution in [2.45, 2.75) is 25.8 Å². The van der Waals surface area contributed by atoms with Gasteiger partial charge in [-0.25, -0.2) is 14.8 Å². The van der Waals surface area contributed by atoms with Gasteiger partial charge in [0, 0.05) is 32.4 Å². The minimum atomic E-state index is -0.0351. The highest BCUT2D eigenvalue weighted by atomic mass is 16.5. The molecule has 0 bridgehead atoms. The standard InChI is InChI=1S/C19H20N6O2/c1-12-7-13(9-20)21-10-15(12)23-18-8-16-17(11-22-18)24(2)19(26)25(16)14-3-5-27-6-4-14/h7-8,10-11,14H,3-6H2,1-2H3,(H,22,23). The lowest BCUT2D eigenvalue weighted by Crippen LogP contribution is -2.29. The third-order valence-corrected chi connectivity index (χ3v) is 5.02. The predicted molar refractivity (Wildman–Crippen MR) is 101 cm³/mol. The van der Waals surface area contributed by atoms with Gasteiger partial charge in [-0.05, 0) is 31.4 Å². The van der Waals surface area contributed by atoms with Gasteiger partial charge >= 0.3 is 5.69 Å². The Bertz CT molecular complexity index is 1100.